The van der Waals surface area contributed by atoms with E-state index in [-0.39, 0.29) is 5.69 Å². The Hall–Kier alpha value is -1.47. The quantitative estimate of drug-likeness (QED) is 0.674. The highest BCUT2D eigenvalue weighted by Gasteiger charge is 2.04. The van der Waals surface area contributed by atoms with Crippen molar-refractivity contribution in [1.29, 1.82) is 0 Å². The molecule has 1 aromatic carbocycles. The molecule has 18 heavy (non-hydrogen) atoms. The Balaban J connectivity index is 1.85. The first-order valence-corrected chi connectivity index (χ1v) is 6.90. The summed E-state index contributed by atoms with van der Waals surface area (Å²) in [5.74, 6) is 0. The number of nitrogens with one attached hydrogen (secondary N) is 1. The fraction of sp³-hybridized carbons (Fsp3) is 0.182. The van der Waals surface area contributed by atoms with Gasteiger partial charge in [-0.25, -0.2) is 4.98 Å². The van der Waals surface area contributed by atoms with Gasteiger partial charge in [0.25, 0.3) is 5.69 Å². The maximum atomic E-state index is 10.5. The van der Waals surface area contributed by atoms with E-state index in [4.69, 9.17) is 0 Å². The van der Waals surface area contributed by atoms with Gasteiger partial charge in [0, 0.05) is 24.1 Å². The highest BCUT2D eigenvalue weighted by molar-refractivity contribution is 9.10. The Bertz CT molecular complexity index is 541. The van der Waals surface area contributed by atoms with Crippen LogP contribution >= 0.6 is 27.3 Å². The van der Waals surface area contributed by atoms with E-state index in [0.29, 0.717) is 0 Å². The molecule has 7 heteroatoms. The summed E-state index contributed by atoms with van der Waals surface area (Å²) in [5, 5.41) is 16.5. The maximum absolute atomic E-state index is 10.5. The van der Waals surface area contributed by atoms with Gasteiger partial charge in [0.15, 0.2) is 5.13 Å². The van der Waals surface area contributed by atoms with Crippen molar-refractivity contribution in [2.24, 2.45) is 0 Å². The fourth-order valence-corrected chi connectivity index (χ4v) is 2.61. The second-order valence-corrected chi connectivity index (χ2v) is 5.25. The number of hydrogen-bond donors (Lipinski definition) is 1. The molecule has 0 aliphatic heterocycles. The summed E-state index contributed by atoms with van der Waals surface area (Å²) in [4.78, 5) is 14.3. The third kappa shape index (κ3) is 3.51. The van der Waals surface area contributed by atoms with E-state index in [9.17, 15) is 10.1 Å². The Kier molecular flexibility index (Phi) is 4.27. The number of non-ortho nitro benzene ring substituents is 1. The van der Waals surface area contributed by atoms with Crippen LogP contribution in [0.5, 0.6) is 0 Å². The predicted molar refractivity (Wildman–Crippen MR) is 75.1 cm³/mol. The van der Waals surface area contributed by atoms with Gasteiger partial charge in [0.1, 0.15) is 4.60 Å². The van der Waals surface area contributed by atoms with Crippen molar-refractivity contribution in [1.82, 2.24) is 4.98 Å². The molecule has 0 fully saturated rings. The summed E-state index contributed by atoms with van der Waals surface area (Å²) in [6, 6.07) is 6.60. The van der Waals surface area contributed by atoms with Crippen LogP contribution in [-0.4, -0.2) is 16.5 Å². The van der Waals surface area contributed by atoms with Gasteiger partial charge in [-0.3, -0.25) is 10.1 Å². The molecule has 94 valence electrons. The molecule has 0 saturated heterocycles. The third-order valence-corrected chi connectivity index (χ3v) is 3.82. The summed E-state index contributed by atoms with van der Waals surface area (Å²) in [7, 11) is 0. The molecule has 0 unspecified atom stereocenters. The average molecular weight is 328 g/mol. The van der Waals surface area contributed by atoms with Crippen molar-refractivity contribution in [3.8, 4) is 0 Å². The lowest BCUT2D eigenvalue weighted by Crippen LogP contribution is -2.04. The smallest absolute Gasteiger partial charge is 0.269 e. The molecule has 1 heterocycles. The van der Waals surface area contributed by atoms with E-state index < -0.39 is 4.92 Å². The second kappa shape index (κ2) is 5.92. The highest BCUT2D eigenvalue weighted by atomic mass is 79.9. The lowest BCUT2D eigenvalue weighted by Gasteiger charge is -2.02. The van der Waals surface area contributed by atoms with Crippen molar-refractivity contribution in [3.63, 3.8) is 0 Å². The molecule has 0 saturated carbocycles. The molecule has 1 N–H and O–H groups in total. The predicted octanol–water partition coefficient (Wildman–Crippen LogP) is 3.47. The van der Waals surface area contributed by atoms with E-state index >= 15 is 0 Å². The molecule has 0 atom stereocenters. The average Bonchev–Trinajstić information content (AvgIpc) is 2.76. The van der Waals surface area contributed by atoms with Crippen LogP contribution in [0.4, 0.5) is 10.8 Å². The number of halogens is 1. The third-order valence-electron chi connectivity index (χ3n) is 2.31. The van der Waals surface area contributed by atoms with Gasteiger partial charge in [-0.05, 0) is 27.9 Å². The molecule has 0 radical (unpaired) electrons. The minimum atomic E-state index is -0.394. The van der Waals surface area contributed by atoms with Crippen LogP contribution < -0.4 is 5.32 Å². The Morgan fingerprint density at radius 3 is 2.67 bits per heavy atom. The van der Waals surface area contributed by atoms with Crippen LogP contribution in [0.3, 0.4) is 0 Å². The maximum Gasteiger partial charge on any atom is 0.269 e. The van der Waals surface area contributed by atoms with Gasteiger partial charge in [-0.2, -0.15) is 0 Å². The second-order valence-electron chi connectivity index (χ2n) is 3.58. The topological polar surface area (TPSA) is 68.1 Å². The summed E-state index contributed by atoms with van der Waals surface area (Å²) in [5.41, 5.74) is 1.18. The number of thiazole rings is 1. The van der Waals surface area contributed by atoms with E-state index in [1.807, 2.05) is 5.38 Å². The summed E-state index contributed by atoms with van der Waals surface area (Å²) in [6.07, 6.45) is 0.801. The first-order chi connectivity index (χ1) is 8.65. The molecular weight excluding hydrogens is 318 g/mol. The van der Waals surface area contributed by atoms with E-state index in [1.54, 1.807) is 12.1 Å². The van der Waals surface area contributed by atoms with E-state index in [0.717, 1.165) is 28.3 Å². The lowest BCUT2D eigenvalue weighted by atomic mass is 10.1. The molecule has 0 amide bonds. The van der Waals surface area contributed by atoms with Crippen molar-refractivity contribution in [2.75, 3.05) is 11.9 Å². The molecule has 0 spiro atoms. The lowest BCUT2D eigenvalue weighted by molar-refractivity contribution is -0.384. The molecule has 0 aliphatic carbocycles. The molecule has 0 bridgehead atoms. The van der Waals surface area contributed by atoms with Gasteiger partial charge in [-0.15, -0.1) is 11.3 Å². The number of hydrogen-bond acceptors (Lipinski definition) is 5. The summed E-state index contributed by atoms with van der Waals surface area (Å²) in [6.45, 7) is 0.748. The number of benzene rings is 1. The van der Waals surface area contributed by atoms with E-state index in [1.165, 1.54) is 23.5 Å². The zero-order valence-electron chi connectivity index (χ0n) is 9.30. The van der Waals surface area contributed by atoms with Gasteiger partial charge in [0.2, 0.25) is 0 Å². The largest absolute Gasteiger partial charge is 0.361 e. The van der Waals surface area contributed by atoms with E-state index in [2.05, 4.69) is 26.2 Å². The van der Waals surface area contributed by atoms with Crippen LogP contribution in [0.2, 0.25) is 0 Å². The molecule has 0 aliphatic rings. The van der Waals surface area contributed by atoms with Crippen LogP contribution in [-0.2, 0) is 6.42 Å². The molecular formula is C11H10BrN3O2S. The standard InChI is InChI=1S/C11H10BrN3O2S/c12-10-7-18-11(14-10)13-6-5-8-1-3-9(4-2-8)15(16)17/h1-4,7H,5-6H2,(H,13,14). The normalized spacial score (nSPS) is 10.3. The minimum Gasteiger partial charge on any atom is -0.361 e. The summed E-state index contributed by atoms with van der Waals surface area (Å²) >= 11 is 4.82. The Labute approximate surface area is 116 Å². The Morgan fingerprint density at radius 1 is 1.39 bits per heavy atom. The first-order valence-electron chi connectivity index (χ1n) is 5.23. The fourth-order valence-electron chi connectivity index (χ4n) is 1.43. The van der Waals surface area contributed by atoms with Crippen LogP contribution in [0.15, 0.2) is 34.2 Å². The van der Waals surface area contributed by atoms with Crippen molar-refractivity contribution >= 4 is 38.1 Å². The summed E-state index contributed by atoms with van der Waals surface area (Å²) < 4.78 is 0.824. The van der Waals surface area contributed by atoms with Crippen molar-refractivity contribution < 1.29 is 4.92 Å². The number of rotatable bonds is 5. The number of aromatic nitrogens is 1. The highest BCUT2D eigenvalue weighted by Crippen LogP contribution is 2.19. The van der Waals surface area contributed by atoms with Crippen LogP contribution in [0.25, 0.3) is 0 Å². The van der Waals surface area contributed by atoms with Crippen molar-refractivity contribution in [3.05, 3.63) is 49.9 Å². The minimum absolute atomic E-state index is 0.121. The number of nitro benzene ring substituents is 1. The zero-order valence-corrected chi connectivity index (χ0v) is 11.7. The monoisotopic (exact) mass is 327 g/mol. The number of anilines is 1. The first kappa shape index (κ1) is 13.0. The Morgan fingerprint density at radius 2 is 2.11 bits per heavy atom. The SMILES string of the molecule is O=[N+]([O-])c1ccc(CCNc2nc(Br)cs2)cc1. The van der Waals surface area contributed by atoms with Gasteiger partial charge in [0.05, 0.1) is 4.92 Å². The molecule has 1 aromatic heterocycles. The van der Waals surface area contributed by atoms with Gasteiger partial charge < -0.3 is 5.32 Å². The van der Waals surface area contributed by atoms with Crippen LogP contribution in [0.1, 0.15) is 5.56 Å². The molecule has 2 aromatic rings. The number of nitro groups is 1. The molecule has 5 nitrogen and oxygen atoms in total. The number of nitrogens with zero attached hydrogens (tertiary/aromatic N) is 2. The van der Waals surface area contributed by atoms with Crippen LogP contribution in [0, 0.1) is 10.1 Å². The van der Waals surface area contributed by atoms with Gasteiger partial charge in [-0.1, -0.05) is 12.1 Å². The van der Waals surface area contributed by atoms with Gasteiger partial charge >= 0.3 is 0 Å². The van der Waals surface area contributed by atoms with Crippen molar-refractivity contribution in [2.45, 2.75) is 6.42 Å². The molecule has 2 rings (SSSR count). The zero-order chi connectivity index (χ0) is 13.0.